The van der Waals surface area contributed by atoms with Crippen molar-refractivity contribution < 1.29 is 4.79 Å². The number of thioether (sulfide) groups is 1. The van der Waals surface area contributed by atoms with E-state index in [-0.39, 0.29) is 5.91 Å². The van der Waals surface area contributed by atoms with Gasteiger partial charge in [0.05, 0.1) is 17.0 Å². The van der Waals surface area contributed by atoms with Crippen molar-refractivity contribution in [2.45, 2.75) is 19.3 Å². The Morgan fingerprint density at radius 2 is 1.87 bits per heavy atom. The number of hydrogen-bond acceptors (Lipinski definition) is 4. The number of amides is 1. The normalized spacial score (nSPS) is 14.6. The van der Waals surface area contributed by atoms with Crippen LogP contribution in [0.15, 0.2) is 66.9 Å². The highest BCUT2D eigenvalue weighted by atomic mass is 32.2. The number of rotatable bonds is 5. The molecule has 4 rings (SSSR count). The van der Waals surface area contributed by atoms with Crippen LogP contribution in [0.25, 0.3) is 10.9 Å². The first-order chi connectivity index (χ1) is 14.7. The molecule has 0 atom stereocenters. The molecule has 0 spiro atoms. The predicted octanol–water partition coefficient (Wildman–Crippen LogP) is 5.15. The van der Waals surface area contributed by atoms with Crippen molar-refractivity contribution in [3.05, 3.63) is 72.4 Å². The summed E-state index contributed by atoms with van der Waals surface area (Å²) in [6.45, 7) is 1.94. The van der Waals surface area contributed by atoms with Crippen molar-refractivity contribution >= 4 is 50.8 Å². The summed E-state index contributed by atoms with van der Waals surface area (Å²) in [5.41, 5.74) is 3.07. The van der Waals surface area contributed by atoms with Gasteiger partial charge in [-0.3, -0.25) is 9.78 Å². The molecule has 1 aliphatic rings. The van der Waals surface area contributed by atoms with E-state index in [4.69, 9.17) is 12.2 Å². The number of carbonyl (C=O) groups excluding carboxylic acids is 1. The van der Waals surface area contributed by atoms with Gasteiger partial charge in [0.2, 0.25) is 5.91 Å². The van der Waals surface area contributed by atoms with Gasteiger partial charge in [0.1, 0.15) is 4.32 Å². The molecule has 154 valence electrons. The van der Waals surface area contributed by atoms with Crippen LogP contribution in [0, 0.1) is 5.92 Å². The SMILES string of the molecule is O=C(CSC(=S)N1CCC(Cc2ccccc2)CC1)Nc1cccc2ncccc12. The third-order valence-corrected chi connectivity index (χ3v) is 7.01. The van der Waals surface area contributed by atoms with E-state index in [1.54, 1.807) is 6.20 Å². The summed E-state index contributed by atoms with van der Waals surface area (Å²) in [5, 5.41) is 3.95. The minimum absolute atomic E-state index is 0.0438. The van der Waals surface area contributed by atoms with Crippen LogP contribution in [0.2, 0.25) is 0 Å². The molecule has 1 aliphatic heterocycles. The summed E-state index contributed by atoms with van der Waals surface area (Å²) in [4.78, 5) is 19.0. The van der Waals surface area contributed by atoms with E-state index in [2.05, 4.69) is 45.5 Å². The Kier molecular flexibility index (Phi) is 6.97. The second kappa shape index (κ2) is 10.0. The standard InChI is InChI=1S/C24H25N3OS2/c28-23(26-22-10-4-9-21-20(22)8-5-13-25-21)17-30-24(29)27-14-11-19(12-15-27)16-18-6-2-1-3-7-18/h1-10,13,19H,11-12,14-17H2,(H,26,28). The number of nitrogens with one attached hydrogen (secondary N) is 1. The van der Waals surface area contributed by atoms with Crippen molar-refractivity contribution in [3.63, 3.8) is 0 Å². The van der Waals surface area contributed by atoms with Gasteiger partial charge >= 0.3 is 0 Å². The summed E-state index contributed by atoms with van der Waals surface area (Å²) in [6, 6.07) is 20.3. The molecule has 1 saturated heterocycles. The second-order valence-corrected chi connectivity index (χ2v) is 9.21. The molecule has 1 amide bonds. The first kappa shape index (κ1) is 20.8. The lowest BCUT2D eigenvalue weighted by atomic mass is 9.90. The van der Waals surface area contributed by atoms with Crippen LogP contribution >= 0.6 is 24.0 Å². The summed E-state index contributed by atoms with van der Waals surface area (Å²) >= 11 is 7.05. The number of piperidine rings is 1. The number of thiocarbonyl (C=S) groups is 1. The zero-order chi connectivity index (χ0) is 20.8. The highest BCUT2D eigenvalue weighted by molar-refractivity contribution is 8.23. The molecule has 0 radical (unpaired) electrons. The molecule has 3 aromatic rings. The zero-order valence-corrected chi connectivity index (χ0v) is 18.4. The van der Waals surface area contributed by atoms with Crippen molar-refractivity contribution in [1.82, 2.24) is 9.88 Å². The number of anilines is 1. The molecular formula is C24H25N3OS2. The van der Waals surface area contributed by atoms with Gasteiger partial charge in [-0.15, -0.1) is 0 Å². The van der Waals surface area contributed by atoms with E-state index < -0.39 is 0 Å². The molecule has 2 heterocycles. The van der Waals surface area contributed by atoms with Crippen LogP contribution in [-0.4, -0.2) is 39.0 Å². The van der Waals surface area contributed by atoms with Crippen LogP contribution < -0.4 is 5.32 Å². The summed E-state index contributed by atoms with van der Waals surface area (Å²) < 4.78 is 0.822. The molecule has 2 aromatic carbocycles. The average Bonchev–Trinajstić information content (AvgIpc) is 2.79. The van der Waals surface area contributed by atoms with Gasteiger partial charge in [0.25, 0.3) is 0 Å². The molecule has 0 unspecified atom stereocenters. The first-order valence-electron chi connectivity index (χ1n) is 10.3. The maximum absolute atomic E-state index is 12.5. The highest BCUT2D eigenvalue weighted by Gasteiger charge is 2.21. The quantitative estimate of drug-likeness (QED) is 0.562. The van der Waals surface area contributed by atoms with Crippen molar-refractivity contribution in [1.29, 1.82) is 0 Å². The van der Waals surface area contributed by atoms with Gasteiger partial charge in [0.15, 0.2) is 0 Å². The summed E-state index contributed by atoms with van der Waals surface area (Å²) in [6.07, 6.45) is 5.18. The van der Waals surface area contributed by atoms with Crippen LogP contribution in [0.5, 0.6) is 0 Å². The van der Waals surface area contributed by atoms with E-state index in [9.17, 15) is 4.79 Å². The Bertz CT molecular complexity index is 1010. The minimum atomic E-state index is -0.0438. The average molecular weight is 436 g/mol. The van der Waals surface area contributed by atoms with E-state index in [0.29, 0.717) is 11.7 Å². The number of likely N-dealkylation sites (tertiary alicyclic amines) is 1. The predicted molar refractivity (Wildman–Crippen MR) is 130 cm³/mol. The molecular weight excluding hydrogens is 410 g/mol. The summed E-state index contributed by atoms with van der Waals surface area (Å²) in [5.74, 6) is 0.983. The maximum Gasteiger partial charge on any atom is 0.234 e. The third-order valence-electron chi connectivity index (χ3n) is 5.49. The molecule has 0 bridgehead atoms. The van der Waals surface area contributed by atoms with E-state index in [0.717, 1.165) is 53.3 Å². The molecule has 1 N–H and O–H groups in total. The van der Waals surface area contributed by atoms with E-state index >= 15 is 0 Å². The van der Waals surface area contributed by atoms with Gasteiger partial charge in [0, 0.05) is 24.7 Å². The molecule has 0 aliphatic carbocycles. The molecule has 1 aromatic heterocycles. The Morgan fingerprint density at radius 1 is 1.07 bits per heavy atom. The van der Waals surface area contributed by atoms with Gasteiger partial charge in [-0.2, -0.15) is 0 Å². The Labute approximate surface area is 187 Å². The second-order valence-electron chi connectivity index (χ2n) is 7.60. The molecule has 4 nitrogen and oxygen atoms in total. The number of carbonyl (C=O) groups is 1. The van der Waals surface area contributed by atoms with Crippen LogP contribution in [-0.2, 0) is 11.2 Å². The molecule has 0 saturated carbocycles. The Hall–Kier alpha value is -2.44. The minimum Gasteiger partial charge on any atom is -0.357 e. The van der Waals surface area contributed by atoms with Crippen LogP contribution in [0.1, 0.15) is 18.4 Å². The number of fused-ring (bicyclic) bond motifs is 1. The lowest BCUT2D eigenvalue weighted by Crippen LogP contribution is -2.37. The van der Waals surface area contributed by atoms with Crippen LogP contribution in [0.3, 0.4) is 0 Å². The number of nitrogens with zero attached hydrogens (tertiary/aromatic N) is 2. The Balaban J connectivity index is 1.23. The topological polar surface area (TPSA) is 45.2 Å². The Morgan fingerprint density at radius 3 is 2.67 bits per heavy atom. The van der Waals surface area contributed by atoms with Gasteiger partial charge in [-0.25, -0.2) is 0 Å². The fourth-order valence-corrected chi connectivity index (χ4v) is 4.94. The third kappa shape index (κ3) is 5.37. The van der Waals surface area contributed by atoms with Crippen molar-refractivity contribution in [2.24, 2.45) is 5.92 Å². The van der Waals surface area contributed by atoms with Gasteiger partial charge < -0.3 is 10.2 Å². The number of pyridine rings is 1. The first-order valence-corrected chi connectivity index (χ1v) is 11.7. The highest BCUT2D eigenvalue weighted by Crippen LogP contribution is 2.25. The number of aromatic nitrogens is 1. The number of benzene rings is 2. The van der Waals surface area contributed by atoms with Crippen molar-refractivity contribution in [3.8, 4) is 0 Å². The summed E-state index contributed by atoms with van der Waals surface area (Å²) in [7, 11) is 0. The smallest absolute Gasteiger partial charge is 0.234 e. The monoisotopic (exact) mass is 435 g/mol. The molecule has 6 heteroatoms. The van der Waals surface area contributed by atoms with E-state index in [1.165, 1.54) is 17.3 Å². The molecule has 1 fully saturated rings. The maximum atomic E-state index is 12.5. The van der Waals surface area contributed by atoms with Gasteiger partial charge in [-0.1, -0.05) is 60.4 Å². The molecule has 30 heavy (non-hydrogen) atoms. The lowest BCUT2D eigenvalue weighted by molar-refractivity contribution is -0.113. The zero-order valence-electron chi connectivity index (χ0n) is 16.8. The fraction of sp³-hybridized carbons (Fsp3) is 0.292. The van der Waals surface area contributed by atoms with Gasteiger partial charge in [-0.05, 0) is 55.0 Å². The fourth-order valence-electron chi connectivity index (χ4n) is 3.88. The van der Waals surface area contributed by atoms with Crippen LogP contribution in [0.4, 0.5) is 5.69 Å². The lowest BCUT2D eigenvalue weighted by Gasteiger charge is -2.33. The largest absolute Gasteiger partial charge is 0.357 e. The van der Waals surface area contributed by atoms with E-state index in [1.807, 2.05) is 30.3 Å². The van der Waals surface area contributed by atoms with Crippen molar-refractivity contribution in [2.75, 3.05) is 24.2 Å². The number of hydrogen-bond donors (Lipinski definition) is 1.